The monoisotopic (exact) mass is 404 g/mol. The van der Waals surface area contributed by atoms with E-state index in [-0.39, 0.29) is 0 Å². The number of methoxy groups -OCH3 is 1. The summed E-state index contributed by atoms with van der Waals surface area (Å²) in [5.74, 6) is 0.592. The fourth-order valence-corrected chi connectivity index (χ4v) is 3.62. The number of nitrogens with zero attached hydrogens (tertiary/aromatic N) is 4. The summed E-state index contributed by atoms with van der Waals surface area (Å²) in [6.07, 6.45) is 4.50. The molecule has 4 aromatic rings. The lowest BCUT2D eigenvalue weighted by atomic mass is 10.0. The zero-order chi connectivity index (χ0) is 20.7. The lowest BCUT2D eigenvalue weighted by molar-refractivity contribution is 0.419. The van der Waals surface area contributed by atoms with Gasteiger partial charge in [-0.25, -0.2) is 18.7 Å². The highest BCUT2D eigenvalue weighted by molar-refractivity contribution is 5.98. The van der Waals surface area contributed by atoms with E-state index >= 15 is 0 Å². The Balaban J connectivity index is 1.77. The summed E-state index contributed by atoms with van der Waals surface area (Å²) < 4.78 is 33.2. The van der Waals surface area contributed by atoms with Crippen molar-refractivity contribution in [2.45, 2.75) is 6.42 Å². The van der Waals surface area contributed by atoms with E-state index in [2.05, 4.69) is 9.88 Å². The average Bonchev–Trinajstić information content (AvgIpc) is 2.71. The van der Waals surface area contributed by atoms with Crippen LogP contribution in [0.4, 0.5) is 14.6 Å². The van der Waals surface area contributed by atoms with Crippen LogP contribution in [-0.4, -0.2) is 35.2 Å². The normalized spacial score (nSPS) is 13.4. The number of pyridine rings is 1. The molecule has 0 spiro atoms. The molecule has 3 heterocycles. The van der Waals surface area contributed by atoms with Crippen molar-refractivity contribution in [3.8, 4) is 28.3 Å². The van der Waals surface area contributed by atoms with E-state index in [4.69, 9.17) is 14.7 Å². The van der Waals surface area contributed by atoms with Crippen LogP contribution in [0.3, 0.4) is 0 Å². The third kappa shape index (κ3) is 3.22. The molecule has 2 aromatic heterocycles. The lowest BCUT2D eigenvalue weighted by Crippen LogP contribution is -2.37. The fourth-order valence-electron chi connectivity index (χ4n) is 3.62. The van der Waals surface area contributed by atoms with Gasteiger partial charge in [0, 0.05) is 42.5 Å². The molecule has 2 aromatic carbocycles. The van der Waals surface area contributed by atoms with Gasteiger partial charge in [0.25, 0.3) is 0 Å². The number of fused-ring (bicyclic) bond motifs is 1. The highest BCUT2D eigenvalue weighted by Crippen LogP contribution is 2.38. The first kappa shape index (κ1) is 18.4. The molecule has 7 heteroatoms. The van der Waals surface area contributed by atoms with Gasteiger partial charge in [0.15, 0.2) is 5.82 Å². The molecule has 0 saturated carbocycles. The zero-order valence-electron chi connectivity index (χ0n) is 16.3. The molecule has 0 bridgehead atoms. The van der Waals surface area contributed by atoms with Gasteiger partial charge in [-0.15, -0.1) is 0 Å². The molecule has 0 amide bonds. The van der Waals surface area contributed by atoms with Crippen molar-refractivity contribution in [1.82, 2.24) is 15.0 Å². The molecular weight excluding hydrogens is 386 g/mol. The smallest absolute Gasteiger partial charge is 0.163 e. The molecule has 5 rings (SSSR count). The lowest BCUT2D eigenvalue weighted by Gasteiger charge is -2.33. The molecule has 1 fully saturated rings. The number of anilines is 1. The number of hydrogen-bond acceptors (Lipinski definition) is 5. The quantitative estimate of drug-likeness (QED) is 0.486. The van der Waals surface area contributed by atoms with E-state index in [1.807, 2.05) is 18.2 Å². The summed E-state index contributed by atoms with van der Waals surface area (Å²) in [5.41, 5.74) is 2.52. The van der Waals surface area contributed by atoms with Crippen LogP contribution in [0.2, 0.25) is 0 Å². The van der Waals surface area contributed by atoms with Crippen LogP contribution in [0.25, 0.3) is 33.4 Å². The Morgan fingerprint density at radius 1 is 0.933 bits per heavy atom. The van der Waals surface area contributed by atoms with E-state index in [1.54, 1.807) is 25.6 Å². The predicted molar refractivity (Wildman–Crippen MR) is 112 cm³/mol. The summed E-state index contributed by atoms with van der Waals surface area (Å²) in [6, 6.07) is 10.8. The minimum atomic E-state index is -0.629. The van der Waals surface area contributed by atoms with E-state index < -0.39 is 11.6 Å². The van der Waals surface area contributed by atoms with Crippen molar-refractivity contribution < 1.29 is 13.5 Å². The van der Waals surface area contributed by atoms with Crippen LogP contribution >= 0.6 is 0 Å². The number of ether oxygens (including phenoxy) is 1. The molecule has 30 heavy (non-hydrogen) atoms. The maximum Gasteiger partial charge on any atom is 0.163 e. The molecule has 150 valence electrons. The topological polar surface area (TPSA) is 51.1 Å². The second-order valence-electron chi connectivity index (χ2n) is 7.19. The predicted octanol–water partition coefficient (Wildman–Crippen LogP) is 4.86. The average molecular weight is 404 g/mol. The minimum Gasteiger partial charge on any atom is -0.494 e. The fraction of sp³-hybridized carbons (Fsp3) is 0.174. The first-order chi connectivity index (χ1) is 14.6. The van der Waals surface area contributed by atoms with Crippen molar-refractivity contribution >= 4 is 16.7 Å². The van der Waals surface area contributed by atoms with E-state index in [9.17, 15) is 8.78 Å². The number of aromatic nitrogens is 3. The molecular formula is C23H18F2N4O. The summed E-state index contributed by atoms with van der Waals surface area (Å²) in [6.45, 7) is 1.78. The Labute approximate surface area is 172 Å². The molecule has 1 aliphatic rings. The molecule has 0 radical (unpaired) electrons. The van der Waals surface area contributed by atoms with Gasteiger partial charge in [-0.05, 0) is 53.9 Å². The Kier molecular flexibility index (Phi) is 4.50. The maximum absolute atomic E-state index is 13.8. The van der Waals surface area contributed by atoms with Crippen molar-refractivity contribution in [1.29, 1.82) is 0 Å². The molecule has 0 atom stereocenters. The van der Waals surface area contributed by atoms with Crippen LogP contribution in [-0.2, 0) is 0 Å². The summed E-state index contributed by atoms with van der Waals surface area (Å²) in [5, 5.41) is 0.779. The Hall–Kier alpha value is -3.61. The van der Waals surface area contributed by atoms with Crippen molar-refractivity contribution in [2.75, 3.05) is 25.1 Å². The van der Waals surface area contributed by atoms with Crippen molar-refractivity contribution in [3.05, 3.63) is 66.5 Å². The first-order valence-electron chi connectivity index (χ1n) is 9.64. The minimum absolute atomic E-state index is 0.429. The third-order valence-electron chi connectivity index (χ3n) is 5.24. The first-order valence-corrected chi connectivity index (χ1v) is 9.64. The maximum atomic E-state index is 13.8. The van der Waals surface area contributed by atoms with Gasteiger partial charge in [-0.3, -0.25) is 4.98 Å². The van der Waals surface area contributed by atoms with Gasteiger partial charge >= 0.3 is 0 Å². The molecule has 5 nitrogen and oxygen atoms in total. The van der Waals surface area contributed by atoms with Gasteiger partial charge in [-0.2, -0.15) is 0 Å². The highest BCUT2D eigenvalue weighted by Gasteiger charge is 2.23. The Morgan fingerprint density at radius 2 is 1.70 bits per heavy atom. The van der Waals surface area contributed by atoms with Crippen LogP contribution in [0.1, 0.15) is 6.42 Å². The third-order valence-corrected chi connectivity index (χ3v) is 5.24. The standard InChI is InChI=1S/C23H18F2N4O/c1-30-20-11-16(15-8-17(24)12-18(25)9-15)10-19-21(20)27-22(14-4-2-5-26-13-14)28-23(19)29-6-3-7-29/h2,4-5,8-13H,3,6-7H2,1H3. The van der Waals surface area contributed by atoms with Crippen LogP contribution in [0, 0.1) is 11.6 Å². The Bertz CT molecular complexity index is 1220. The SMILES string of the molecule is COc1cc(-c2cc(F)cc(F)c2)cc2c(N3CCC3)nc(-c3cccnc3)nc12. The second kappa shape index (κ2) is 7.33. The van der Waals surface area contributed by atoms with Crippen molar-refractivity contribution in [2.24, 2.45) is 0 Å². The summed E-state index contributed by atoms with van der Waals surface area (Å²) in [7, 11) is 1.56. The molecule has 1 saturated heterocycles. The Morgan fingerprint density at radius 3 is 2.33 bits per heavy atom. The molecule has 0 aliphatic carbocycles. The number of halogens is 2. The molecule has 0 unspecified atom stereocenters. The number of rotatable bonds is 4. The largest absolute Gasteiger partial charge is 0.494 e. The highest BCUT2D eigenvalue weighted by atomic mass is 19.1. The number of benzene rings is 2. The van der Waals surface area contributed by atoms with E-state index in [0.717, 1.165) is 42.3 Å². The van der Waals surface area contributed by atoms with Gasteiger partial charge in [0.2, 0.25) is 0 Å². The van der Waals surface area contributed by atoms with Crippen LogP contribution in [0.5, 0.6) is 5.75 Å². The molecule has 1 aliphatic heterocycles. The summed E-state index contributed by atoms with van der Waals surface area (Å²) in [4.78, 5) is 15.9. The van der Waals surface area contributed by atoms with E-state index in [0.29, 0.717) is 28.2 Å². The summed E-state index contributed by atoms with van der Waals surface area (Å²) >= 11 is 0. The van der Waals surface area contributed by atoms with Crippen molar-refractivity contribution in [3.63, 3.8) is 0 Å². The van der Waals surface area contributed by atoms with Crippen LogP contribution in [0.15, 0.2) is 54.9 Å². The van der Waals surface area contributed by atoms with Gasteiger partial charge in [0.05, 0.1) is 7.11 Å². The van der Waals surface area contributed by atoms with Gasteiger partial charge in [0.1, 0.15) is 28.7 Å². The zero-order valence-corrected chi connectivity index (χ0v) is 16.3. The van der Waals surface area contributed by atoms with Gasteiger partial charge < -0.3 is 9.64 Å². The number of hydrogen-bond donors (Lipinski definition) is 0. The van der Waals surface area contributed by atoms with Gasteiger partial charge in [-0.1, -0.05) is 0 Å². The second-order valence-corrected chi connectivity index (χ2v) is 7.19. The molecule has 0 N–H and O–H groups in total. The van der Waals surface area contributed by atoms with E-state index in [1.165, 1.54) is 12.1 Å². The van der Waals surface area contributed by atoms with Crippen LogP contribution < -0.4 is 9.64 Å².